The molecule has 2 aliphatic rings. The molecule has 0 aliphatic carbocycles. The molecule has 0 aromatic rings. The molecule has 2 rings (SSSR count). The molecular formula is C14H21N3O3. The molecule has 0 bridgehead atoms. The van der Waals surface area contributed by atoms with Gasteiger partial charge in [-0.1, -0.05) is 0 Å². The lowest BCUT2D eigenvalue weighted by molar-refractivity contribution is -0.529. The molecule has 20 heavy (non-hydrogen) atoms. The quantitative estimate of drug-likeness (QED) is 0.628. The maximum Gasteiger partial charge on any atom is 0.275 e. The van der Waals surface area contributed by atoms with E-state index in [1.807, 2.05) is 44.1 Å². The van der Waals surface area contributed by atoms with Crippen LogP contribution in [0.5, 0.6) is 0 Å². The second-order valence-corrected chi connectivity index (χ2v) is 5.27. The summed E-state index contributed by atoms with van der Waals surface area (Å²) >= 11 is 0. The first kappa shape index (κ1) is 14.6. The van der Waals surface area contributed by atoms with Gasteiger partial charge in [-0.25, -0.2) is 0 Å². The molecule has 0 spiro atoms. The van der Waals surface area contributed by atoms with Crippen LogP contribution in [0.25, 0.3) is 0 Å². The largest absolute Gasteiger partial charge is 0.391 e. The molecule has 0 amide bonds. The van der Waals surface area contributed by atoms with E-state index in [0.717, 1.165) is 18.7 Å². The Labute approximate surface area is 118 Å². The van der Waals surface area contributed by atoms with E-state index in [-0.39, 0.29) is 11.0 Å². The molecule has 6 nitrogen and oxygen atoms in total. The molecule has 0 fully saturated rings. The van der Waals surface area contributed by atoms with Crippen LogP contribution in [0.15, 0.2) is 35.7 Å². The number of hydrogen-bond acceptors (Lipinski definition) is 5. The highest BCUT2D eigenvalue weighted by molar-refractivity contribution is 5.36. The molecule has 2 heterocycles. The van der Waals surface area contributed by atoms with Crippen molar-refractivity contribution in [3.8, 4) is 0 Å². The molecule has 2 aliphatic heterocycles. The average molecular weight is 279 g/mol. The van der Waals surface area contributed by atoms with E-state index in [4.69, 9.17) is 4.74 Å². The molecule has 110 valence electrons. The monoisotopic (exact) mass is 279 g/mol. The lowest BCUT2D eigenvalue weighted by atomic mass is 10.0. The van der Waals surface area contributed by atoms with Gasteiger partial charge in [0, 0.05) is 24.2 Å². The van der Waals surface area contributed by atoms with Gasteiger partial charge in [0.1, 0.15) is 0 Å². The third kappa shape index (κ3) is 3.01. The molecule has 6 heteroatoms. The number of nitro groups is 1. The fourth-order valence-corrected chi connectivity index (χ4v) is 2.47. The van der Waals surface area contributed by atoms with E-state index in [1.165, 1.54) is 5.57 Å². The minimum atomic E-state index is -0.836. The fraction of sp³-hybridized carbons (Fsp3) is 0.571. The van der Waals surface area contributed by atoms with Gasteiger partial charge < -0.3 is 15.0 Å². The van der Waals surface area contributed by atoms with Crippen LogP contribution in [-0.2, 0) is 4.74 Å². The summed E-state index contributed by atoms with van der Waals surface area (Å²) in [6.45, 7) is 4.66. The predicted octanol–water partition coefficient (Wildman–Crippen LogP) is 1.65. The summed E-state index contributed by atoms with van der Waals surface area (Å²) in [5, 5.41) is 14.3. The van der Waals surface area contributed by atoms with Crippen LogP contribution in [0, 0.1) is 10.1 Å². The zero-order valence-electron chi connectivity index (χ0n) is 12.1. The zero-order chi connectivity index (χ0) is 14.7. The number of rotatable bonds is 3. The van der Waals surface area contributed by atoms with E-state index in [9.17, 15) is 10.1 Å². The summed E-state index contributed by atoms with van der Waals surface area (Å²) in [5.74, 6) is 0. The molecule has 0 radical (unpaired) electrons. The van der Waals surface area contributed by atoms with Crippen molar-refractivity contribution in [1.82, 2.24) is 10.2 Å². The van der Waals surface area contributed by atoms with Gasteiger partial charge in [-0.2, -0.15) is 0 Å². The lowest BCUT2D eigenvalue weighted by Crippen LogP contribution is -2.49. The van der Waals surface area contributed by atoms with Gasteiger partial charge in [0.25, 0.3) is 6.04 Å². The number of ether oxygens (including phenoxy) is 1. The maximum absolute atomic E-state index is 11.2. The summed E-state index contributed by atoms with van der Waals surface area (Å²) in [4.78, 5) is 12.8. The van der Waals surface area contributed by atoms with Crippen LogP contribution in [0.1, 0.15) is 20.3 Å². The minimum Gasteiger partial charge on any atom is -0.391 e. The predicted molar refractivity (Wildman–Crippen MR) is 76.5 cm³/mol. The van der Waals surface area contributed by atoms with Crippen LogP contribution < -0.4 is 5.32 Å². The van der Waals surface area contributed by atoms with Crippen molar-refractivity contribution in [2.24, 2.45) is 0 Å². The molecular weight excluding hydrogens is 258 g/mol. The van der Waals surface area contributed by atoms with Crippen molar-refractivity contribution in [2.45, 2.75) is 38.6 Å². The van der Waals surface area contributed by atoms with Crippen molar-refractivity contribution >= 4 is 0 Å². The number of hydrogen-bond donors (Lipinski definition) is 1. The normalized spacial score (nSPS) is 29.7. The second kappa shape index (κ2) is 6.09. The highest BCUT2D eigenvalue weighted by Crippen LogP contribution is 2.27. The number of likely N-dealkylation sites (N-methyl/N-ethyl adjacent to an activating group) is 1. The first-order valence-corrected chi connectivity index (χ1v) is 6.83. The SMILES string of the molecule is CC(C)OC1C([N+](=O)[O-])C=CC(=C2C=CNCC2)N1C. The first-order valence-electron chi connectivity index (χ1n) is 6.83. The lowest BCUT2D eigenvalue weighted by Gasteiger charge is -2.36. The van der Waals surface area contributed by atoms with Crippen molar-refractivity contribution in [3.05, 3.63) is 45.8 Å². The van der Waals surface area contributed by atoms with E-state index in [2.05, 4.69) is 5.32 Å². The van der Waals surface area contributed by atoms with Crippen LogP contribution >= 0.6 is 0 Å². The summed E-state index contributed by atoms with van der Waals surface area (Å²) < 4.78 is 5.76. The number of allylic oxidation sites excluding steroid dienone is 2. The standard InChI is InChI=1S/C14H21N3O3/c1-10(2)20-14-13(17(18)19)5-4-12(16(14)3)11-6-8-15-9-7-11/h4-6,8,10,13-15H,7,9H2,1-3H3. The van der Waals surface area contributed by atoms with Gasteiger partial charge in [-0.3, -0.25) is 10.1 Å². The average Bonchev–Trinajstić information content (AvgIpc) is 2.41. The van der Waals surface area contributed by atoms with Crippen LogP contribution in [0.2, 0.25) is 0 Å². The smallest absolute Gasteiger partial charge is 0.275 e. The number of nitrogens with one attached hydrogen (secondary N) is 1. The Balaban J connectivity index is 2.34. The van der Waals surface area contributed by atoms with Crippen LogP contribution in [-0.4, -0.2) is 41.8 Å². The first-order chi connectivity index (χ1) is 9.50. The van der Waals surface area contributed by atoms with E-state index in [0.29, 0.717) is 0 Å². The minimum absolute atomic E-state index is 0.0637. The highest BCUT2D eigenvalue weighted by Gasteiger charge is 2.38. The van der Waals surface area contributed by atoms with E-state index >= 15 is 0 Å². The van der Waals surface area contributed by atoms with Gasteiger partial charge >= 0.3 is 0 Å². The Kier molecular flexibility index (Phi) is 4.44. The van der Waals surface area contributed by atoms with Gasteiger partial charge in [-0.15, -0.1) is 0 Å². The second-order valence-electron chi connectivity index (χ2n) is 5.27. The van der Waals surface area contributed by atoms with Gasteiger partial charge in [0.15, 0.2) is 0 Å². The van der Waals surface area contributed by atoms with Gasteiger partial charge in [0.05, 0.1) is 6.10 Å². The Morgan fingerprint density at radius 3 is 2.80 bits per heavy atom. The Morgan fingerprint density at radius 2 is 2.25 bits per heavy atom. The topological polar surface area (TPSA) is 67.6 Å². The molecule has 2 atom stereocenters. The molecule has 1 N–H and O–H groups in total. The molecule has 0 saturated carbocycles. The van der Waals surface area contributed by atoms with Crippen LogP contribution in [0.4, 0.5) is 0 Å². The van der Waals surface area contributed by atoms with Crippen LogP contribution in [0.3, 0.4) is 0 Å². The Morgan fingerprint density at radius 1 is 1.50 bits per heavy atom. The third-order valence-corrected chi connectivity index (χ3v) is 3.43. The van der Waals surface area contributed by atoms with Crippen molar-refractivity contribution in [2.75, 3.05) is 13.6 Å². The molecule has 2 unspecified atom stereocenters. The van der Waals surface area contributed by atoms with Gasteiger partial charge in [-0.05, 0) is 50.3 Å². The fourth-order valence-electron chi connectivity index (χ4n) is 2.47. The Bertz CT molecular complexity index is 468. The van der Waals surface area contributed by atoms with E-state index in [1.54, 1.807) is 6.08 Å². The number of nitrogens with zero attached hydrogens (tertiary/aromatic N) is 2. The summed E-state index contributed by atoms with van der Waals surface area (Å²) in [6.07, 6.45) is 7.65. The summed E-state index contributed by atoms with van der Waals surface area (Å²) in [7, 11) is 1.85. The highest BCUT2D eigenvalue weighted by atomic mass is 16.6. The van der Waals surface area contributed by atoms with E-state index < -0.39 is 12.3 Å². The molecule has 0 aromatic heterocycles. The van der Waals surface area contributed by atoms with Gasteiger partial charge in [0.2, 0.25) is 6.23 Å². The zero-order valence-corrected chi connectivity index (χ0v) is 12.1. The Hall–Kier alpha value is -1.82. The third-order valence-electron chi connectivity index (χ3n) is 3.43. The summed E-state index contributed by atoms with van der Waals surface area (Å²) in [5.41, 5.74) is 2.16. The maximum atomic E-state index is 11.2. The van der Waals surface area contributed by atoms with Crippen molar-refractivity contribution in [3.63, 3.8) is 0 Å². The molecule has 0 saturated heterocycles. The molecule has 0 aromatic carbocycles. The van der Waals surface area contributed by atoms with Crippen molar-refractivity contribution < 1.29 is 9.66 Å². The summed E-state index contributed by atoms with van der Waals surface area (Å²) in [6, 6.07) is -0.836. The van der Waals surface area contributed by atoms with Crippen molar-refractivity contribution in [1.29, 1.82) is 0 Å².